The first-order valence-corrected chi connectivity index (χ1v) is 14.4. The van der Waals surface area contributed by atoms with Gasteiger partial charge in [0.2, 0.25) is 0 Å². The molecule has 0 radical (unpaired) electrons. The van der Waals surface area contributed by atoms with Crippen molar-refractivity contribution >= 4 is 28.3 Å². The molecule has 1 heterocycles. The highest BCUT2D eigenvalue weighted by Gasteiger charge is 2.40. The minimum Gasteiger partial charge on any atom is -0.600 e. The number of nitrogens with zero attached hydrogens (tertiary/aromatic N) is 1. The monoisotopic (exact) mass is 580 g/mol. The largest absolute Gasteiger partial charge is 0.600 e. The fraction of sp³-hybridized carbons (Fsp3) is 0.957. The Balaban J connectivity index is 1.47. The van der Waals surface area contributed by atoms with Crippen LogP contribution in [0.4, 0.5) is 0 Å². The van der Waals surface area contributed by atoms with Gasteiger partial charge in [-0.15, -0.1) is 0 Å². The molecule has 0 aromatic heterocycles. The number of halogens is 1. The summed E-state index contributed by atoms with van der Waals surface area (Å²) in [6.07, 6.45) is 14.2. The van der Waals surface area contributed by atoms with Crippen LogP contribution in [0.3, 0.4) is 0 Å². The van der Waals surface area contributed by atoms with E-state index in [2.05, 4.69) is 28.0 Å². The number of hydrogen-bond acceptors (Lipinski definition) is 6. The first-order valence-electron chi connectivity index (χ1n) is 13.2. The van der Waals surface area contributed by atoms with Gasteiger partial charge in [-0.3, -0.25) is 0 Å². The molecule has 0 aromatic carbocycles. The lowest BCUT2D eigenvalue weighted by Gasteiger charge is -2.42. The quantitative estimate of drug-likeness (QED) is 0.110. The number of fused-ring (bicyclic) bond motifs is 1. The van der Waals surface area contributed by atoms with E-state index in [0.717, 1.165) is 22.4 Å². The molecule has 33 heavy (non-hydrogen) atoms. The van der Waals surface area contributed by atoms with Crippen molar-refractivity contribution in [1.29, 1.82) is 0 Å². The van der Waals surface area contributed by atoms with E-state index in [-0.39, 0.29) is 12.5 Å². The van der Waals surface area contributed by atoms with Gasteiger partial charge in [0, 0.05) is 22.2 Å². The number of hydrogen-bond donors (Lipinski definition) is 6. The summed E-state index contributed by atoms with van der Waals surface area (Å²) in [6, 6.07) is -0.781. The second-order valence-electron chi connectivity index (χ2n) is 11.0. The van der Waals surface area contributed by atoms with Crippen molar-refractivity contribution in [3.05, 3.63) is 10.4 Å². The van der Waals surface area contributed by atoms with Crippen molar-refractivity contribution in [2.45, 2.75) is 112 Å². The Hall–Kier alpha value is -0.0800. The maximum absolute atomic E-state index is 11.9. The number of hydrazone groups is 1. The van der Waals surface area contributed by atoms with E-state index < -0.39 is 22.5 Å². The Morgan fingerprint density at radius 3 is 2.39 bits per heavy atom. The molecule has 0 aromatic rings. The Labute approximate surface area is 211 Å². The Kier molecular flexibility index (Phi) is 9.65. The zero-order valence-electron chi connectivity index (χ0n) is 19.7. The van der Waals surface area contributed by atoms with E-state index in [0.29, 0.717) is 18.8 Å². The molecule has 6 N–H and O–H groups in total. The second-order valence-corrected chi connectivity index (χ2v) is 12.7. The molecule has 1 saturated heterocycles. The van der Waals surface area contributed by atoms with Crippen molar-refractivity contribution in [3.63, 3.8) is 0 Å². The summed E-state index contributed by atoms with van der Waals surface area (Å²) >= 11 is 2.57. The first kappa shape index (κ1) is 26.0. The number of quaternary nitrogens is 3. The molecule has 9 nitrogen and oxygen atoms in total. The van der Waals surface area contributed by atoms with Gasteiger partial charge in [0.25, 0.3) is 0 Å². The average molecular weight is 581 g/mol. The molecule has 10 heteroatoms. The van der Waals surface area contributed by atoms with Gasteiger partial charge >= 0.3 is 0 Å². The third-order valence-electron chi connectivity index (χ3n) is 8.93. The van der Waals surface area contributed by atoms with Gasteiger partial charge < -0.3 is 20.7 Å². The van der Waals surface area contributed by atoms with E-state index in [1.165, 1.54) is 76.5 Å². The number of rotatable bonds is 7. The SMILES string of the molecule is [O-][NH+](O)C1CCC(NN=C(C[NH+]2CCCC3CCCCC32)C2CCC(I)CC2)C([NH+]([O-])O)C1. The summed E-state index contributed by atoms with van der Waals surface area (Å²) in [5, 5.41) is 45.6. The number of alkyl halides is 1. The lowest BCUT2D eigenvalue weighted by atomic mass is 9.77. The molecule has 0 amide bonds. The Morgan fingerprint density at radius 2 is 1.67 bits per heavy atom. The molecular formula is C23H43IN5O4+. The van der Waals surface area contributed by atoms with Crippen LogP contribution in [0.15, 0.2) is 5.10 Å². The molecule has 4 rings (SSSR count). The van der Waals surface area contributed by atoms with Gasteiger partial charge in [0.15, 0.2) is 0 Å². The van der Waals surface area contributed by atoms with Crippen molar-refractivity contribution in [1.82, 2.24) is 5.43 Å². The summed E-state index contributed by atoms with van der Waals surface area (Å²) in [5.74, 6) is 1.35. The number of piperidine rings is 1. The number of likely N-dealkylation sites (tertiary alicyclic amines) is 1. The van der Waals surface area contributed by atoms with Crippen molar-refractivity contribution in [3.8, 4) is 0 Å². The van der Waals surface area contributed by atoms with Gasteiger partial charge in [-0.1, -0.05) is 29.0 Å². The highest BCUT2D eigenvalue weighted by Crippen LogP contribution is 2.31. The molecule has 1 aliphatic heterocycles. The predicted octanol–water partition coefficient (Wildman–Crippen LogP) is -0.00320. The predicted molar refractivity (Wildman–Crippen MR) is 133 cm³/mol. The lowest BCUT2D eigenvalue weighted by Crippen LogP contribution is -3.18. The van der Waals surface area contributed by atoms with E-state index in [1.807, 2.05) is 0 Å². The maximum Gasteiger partial charge on any atom is 0.144 e. The van der Waals surface area contributed by atoms with Crippen LogP contribution < -0.4 is 20.8 Å². The Bertz CT molecular complexity index is 644. The fourth-order valence-electron chi connectivity index (χ4n) is 6.97. The minimum absolute atomic E-state index is 0.189. The molecule has 8 unspecified atom stereocenters. The first-order chi connectivity index (χ1) is 15.9. The van der Waals surface area contributed by atoms with E-state index >= 15 is 0 Å². The zero-order valence-corrected chi connectivity index (χ0v) is 21.8. The molecule has 8 atom stereocenters. The Morgan fingerprint density at radius 1 is 0.939 bits per heavy atom. The second kappa shape index (κ2) is 12.2. The van der Waals surface area contributed by atoms with Crippen LogP contribution in [0.25, 0.3) is 0 Å². The van der Waals surface area contributed by atoms with Crippen LogP contribution in [0.2, 0.25) is 0 Å². The smallest absolute Gasteiger partial charge is 0.144 e. The van der Waals surface area contributed by atoms with Gasteiger partial charge in [-0.2, -0.15) is 5.10 Å². The molecule has 0 spiro atoms. The molecule has 190 valence electrons. The summed E-state index contributed by atoms with van der Waals surface area (Å²) in [6.45, 7) is 2.20. The number of nitrogens with one attached hydrogen (secondary N) is 4. The van der Waals surface area contributed by atoms with Crippen LogP contribution >= 0.6 is 22.6 Å². The van der Waals surface area contributed by atoms with Crippen LogP contribution in [0.1, 0.15) is 83.5 Å². The molecule has 3 saturated carbocycles. The van der Waals surface area contributed by atoms with Gasteiger partial charge in [-0.25, -0.2) is 20.9 Å². The highest BCUT2D eigenvalue weighted by atomic mass is 127. The zero-order chi connectivity index (χ0) is 23.4. The van der Waals surface area contributed by atoms with Gasteiger partial charge in [0.1, 0.15) is 18.6 Å². The summed E-state index contributed by atoms with van der Waals surface area (Å²) in [7, 11) is 0. The summed E-state index contributed by atoms with van der Waals surface area (Å²) < 4.78 is 0.751. The van der Waals surface area contributed by atoms with Crippen molar-refractivity contribution in [2.75, 3.05) is 13.1 Å². The lowest BCUT2D eigenvalue weighted by molar-refractivity contribution is -1.09. The average Bonchev–Trinajstić information content (AvgIpc) is 2.82. The fourth-order valence-corrected chi connectivity index (χ4v) is 7.69. The third kappa shape index (κ3) is 6.78. The molecular weight excluding hydrogens is 537 g/mol. The normalized spacial score (nSPS) is 42.3. The van der Waals surface area contributed by atoms with Crippen LogP contribution in [0.5, 0.6) is 0 Å². The molecule has 4 fully saturated rings. The van der Waals surface area contributed by atoms with E-state index in [9.17, 15) is 20.8 Å². The molecule has 4 aliphatic rings. The van der Waals surface area contributed by atoms with E-state index in [4.69, 9.17) is 5.10 Å². The van der Waals surface area contributed by atoms with E-state index in [1.54, 1.807) is 4.90 Å². The topological polar surface area (TPSA) is 124 Å². The maximum atomic E-state index is 11.9. The van der Waals surface area contributed by atoms with Crippen LogP contribution in [0, 0.1) is 22.3 Å². The standard InChI is InChI=1S/C23H42IN5O4/c24-18-9-7-16(8-10-18)21(15-27-13-3-5-17-4-1-2-6-22(17)27)26-25-20-12-11-19(28(30)31)14-23(20)29(32)33/h16-20,22-23,25,28-30,32H,1-15H2/p+1. The number of hydroxylamine groups is 4. The third-order valence-corrected chi connectivity index (χ3v) is 10.2. The summed E-state index contributed by atoms with van der Waals surface area (Å²) in [5.41, 5.74) is 4.52. The van der Waals surface area contributed by atoms with Crippen LogP contribution in [-0.2, 0) is 0 Å². The highest BCUT2D eigenvalue weighted by molar-refractivity contribution is 14.1. The van der Waals surface area contributed by atoms with Crippen molar-refractivity contribution < 1.29 is 25.8 Å². The van der Waals surface area contributed by atoms with Gasteiger partial charge in [-0.05, 0) is 64.2 Å². The van der Waals surface area contributed by atoms with Crippen molar-refractivity contribution in [2.24, 2.45) is 16.9 Å². The summed E-state index contributed by atoms with van der Waals surface area (Å²) in [4.78, 5) is 1.70. The molecule has 0 bridgehead atoms. The van der Waals surface area contributed by atoms with Crippen LogP contribution in [-0.4, -0.2) is 57.3 Å². The molecule has 3 aliphatic carbocycles. The minimum atomic E-state index is -0.910. The van der Waals surface area contributed by atoms with Gasteiger partial charge in [0.05, 0.1) is 30.8 Å².